The van der Waals surface area contributed by atoms with Crippen molar-refractivity contribution in [1.82, 2.24) is 10.3 Å². The number of nitrogens with zero attached hydrogens (tertiary/aromatic N) is 2. The van der Waals surface area contributed by atoms with Crippen molar-refractivity contribution in [2.24, 2.45) is 11.8 Å². The lowest BCUT2D eigenvalue weighted by atomic mass is 9.91. The number of carbonyl (C=O) groups excluding carboxylic acids is 1. The Balaban J connectivity index is 1.99. The molecule has 25 heavy (non-hydrogen) atoms. The number of nitrogens with one attached hydrogen (secondary N) is 1. The zero-order valence-electron chi connectivity index (χ0n) is 14.7. The molecule has 0 spiro atoms. The van der Waals surface area contributed by atoms with Gasteiger partial charge in [0, 0.05) is 31.3 Å². The SMILES string of the molecule is CC(=O)N[C@@H]1CN(c2cc(C(=O)O)c3ccccc3n2)C[C@H]1C(C)C. The summed E-state index contributed by atoms with van der Waals surface area (Å²) in [4.78, 5) is 29.9. The summed E-state index contributed by atoms with van der Waals surface area (Å²) in [5, 5.41) is 13.2. The zero-order valence-corrected chi connectivity index (χ0v) is 14.7. The first-order chi connectivity index (χ1) is 11.9. The number of fused-ring (bicyclic) bond motifs is 1. The Kier molecular flexibility index (Phi) is 4.61. The van der Waals surface area contributed by atoms with Crippen molar-refractivity contribution in [3.8, 4) is 0 Å². The van der Waals surface area contributed by atoms with E-state index in [-0.39, 0.29) is 17.5 Å². The van der Waals surface area contributed by atoms with Crippen molar-refractivity contribution in [3.05, 3.63) is 35.9 Å². The van der Waals surface area contributed by atoms with Gasteiger partial charge in [-0.1, -0.05) is 32.0 Å². The quantitative estimate of drug-likeness (QED) is 0.893. The number of para-hydroxylation sites is 1. The molecule has 6 heteroatoms. The van der Waals surface area contributed by atoms with Gasteiger partial charge in [0.2, 0.25) is 5.91 Å². The summed E-state index contributed by atoms with van der Waals surface area (Å²) in [5.41, 5.74) is 0.922. The minimum atomic E-state index is -0.960. The highest BCUT2D eigenvalue weighted by Crippen LogP contribution is 2.30. The molecule has 2 aromatic rings. The number of pyridine rings is 1. The van der Waals surface area contributed by atoms with Gasteiger partial charge in [-0.05, 0) is 18.1 Å². The number of amides is 1. The number of aromatic carboxylic acids is 1. The lowest BCUT2D eigenvalue weighted by molar-refractivity contribution is -0.119. The lowest BCUT2D eigenvalue weighted by Gasteiger charge is -2.21. The number of aromatic nitrogens is 1. The van der Waals surface area contributed by atoms with Gasteiger partial charge < -0.3 is 15.3 Å². The van der Waals surface area contributed by atoms with E-state index in [2.05, 4.69) is 29.0 Å². The largest absolute Gasteiger partial charge is 0.478 e. The maximum Gasteiger partial charge on any atom is 0.336 e. The summed E-state index contributed by atoms with van der Waals surface area (Å²) >= 11 is 0. The van der Waals surface area contributed by atoms with Crippen LogP contribution in [-0.2, 0) is 4.79 Å². The second kappa shape index (κ2) is 6.70. The number of carbonyl (C=O) groups is 2. The molecule has 2 heterocycles. The van der Waals surface area contributed by atoms with Crippen LogP contribution in [-0.4, -0.2) is 41.1 Å². The molecule has 132 valence electrons. The van der Waals surface area contributed by atoms with Gasteiger partial charge in [0.25, 0.3) is 0 Å². The van der Waals surface area contributed by atoms with Gasteiger partial charge in [-0.2, -0.15) is 0 Å². The van der Waals surface area contributed by atoms with Gasteiger partial charge in [0.15, 0.2) is 0 Å². The zero-order chi connectivity index (χ0) is 18.1. The van der Waals surface area contributed by atoms with Crippen molar-refractivity contribution in [3.63, 3.8) is 0 Å². The molecule has 1 aromatic heterocycles. The minimum Gasteiger partial charge on any atom is -0.478 e. The maximum atomic E-state index is 11.7. The standard InChI is InChI=1S/C19H23N3O3/c1-11(2)15-9-22(10-17(15)20-12(3)23)18-8-14(19(24)25)13-6-4-5-7-16(13)21-18/h4-8,11,15,17H,9-10H2,1-3H3,(H,20,23)(H,24,25)/t15-,17+/m0/s1. The first-order valence-electron chi connectivity index (χ1n) is 8.52. The van der Waals surface area contributed by atoms with Crippen molar-refractivity contribution in [1.29, 1.82) is 0 Å². The first kappa shape index (κ1) is 17.2. The predicted octanol–water partition coefficient (Wildman–Crippen LogP) is 2.53. The minimum absolute atomic E-state index is 0.0408. The highest BCUT2D eigenvalue weighted by Gasteiger charge is 2.36. The van der Waals surface area contributed by atoms with Crippen molar-refractivity contribution in [2.75, 3.05) is 18.0 Å². The normalized spacial score (nSPS) is 20.2. The molecule has 1 aliphatic rings. The molecule has 1 saturated heterocycles. The Morgan fingerprint density at radius 3 is 2.64 bits per heavy atom. The van der Waals surface area contributed by atoms with Crippen LogP contribution in [0.15, 0.2) is 30.3 Å². The molecule has 3 rings (SSSR count). The second-order valence-corrected chi connectivity index (χ2v) is 6.97. The van der Waals surface area contributed by atoms with E-state index in [9.17, 15) is 14.7 Å². The van der Waals surface area contributed by atoms with E-state index in [0.29, 0.717) is 35.1 Å². The summed E-state index contributed by atoms with van der Waals surface area (Å²) in [6.45, 7) is 7.18. The number of carboxylic acid groups (broad SMARTS) is 1. The number of anilines is 1. The number of carboxylic acids is 1. The number of hydrogen-bond acceptors (Lipinski definition) is 4. The smallest absolute Gasteiger partial charge is 0.336 e. The van der Waals surface area contributed by atoms with Crippen LogP contribution < -0.4 is 10.2 Å². The average molecular weight is 341 g/mol. The third kappa shape index (κ3) is 3.43. The fraction of sp³-hybridized carbons (Fsp3) is 0.421. The summed E-state index contributed by atoms with van der Waals surface area (Å²) in [7, 11) is 0. The van der Waals surface area contributed by atoms with Gasteiger partial charge >= 0.3 is 5.97 Å². The Morgan fingerprint density at radius 1 is 1.28 bits per heavy atom. The summed E-state index contributed by atoms with van der Waals surface area (Å²) in [6.07, 6.45) is 0. The molecule has 1 aromatic carbocycles. The van der Waals surface area contributed by atoms with Gasteiger partial charge in [-0.15, -0.1) is 0 Å². The summed E-state index contributed by atoms with van der Waals surface area (Å²) < 4.78 is 0. The van der Waals surface area contributed by atoms with E-state index in [1.54, 1.807) is 12.1 Å². The molecule has 0 saturated carbocycles. The number of benzene rings is 1. The maximum absolute atomic E-state index is 11.7. The molecule has 1 fully saturated rings. The summed E-state index contributed by atoms with van der Waals surface area (Å²) in [5.74, 6) is 0.342. The Morgan fingerprint density at radius 2 is 2.00 bits per heavy atom. The van der Waals surface area contributed by atoms with Gasteiger partial charge in [-0.25, -0.2) is 9.78 Å². The average Bonchev–Trinajstić information content (AvgIpc) is 2.97. The molecule has 2 N–H and O–H groups in total. The van der Waals surface area contributed by atoms with Crippen LogP contribution in [0.25, 0.3) is 10.9 Å². The number of hydrogen-bond donors (Lipinski definition) is 2. The molecule has 6 nitrogen and oxygen atoms in total. The van der Waals surface area contributed by atoms with E-state index in [4.69, 9.17) is 0 Å². The molecule has 2 atom stereocenters. The van der Waals surface area contributed by atoms with Crippen LogP contribution in [0, 0.1) is 11.8 Å². The Hall–Kier alpha value is -2.63. The molecule has 1 amide bonds. The van der Waals surface area contributed by atoms with Crippen LogP contribution in [0.1, 0.15) is 31.1 Å². The van der Waals surface area contributed by atoms with E-state index >= 15 is 0 Å². The number of rotatable bonds is 4. The molecule has 0 aliphatic carbocycles. The topological polar surface area (TPSA) is 82.5 Å². The third-order valence-corrected chi connectivity index (χ3v) is 4.87. The molecule has 0 radical (unpaired) electrons. The van der Waals surface area contributed by atoms with Crippen molar-refractivity contribution in [2.45, 2.75) is 26.8 Å². The monoisotopic (exact) mass is 341 g/mol. The fourth-order valence-electron chi connectivity index (χ4n) is 3.61. The molecule has 0 bridgehead atoms. The van der Waals surface area contributed by atoms with Crippen LogP contribution in [0.3, 0.4) is 0 Å². The molecule has 0 unspecified atom stereocenters. The van der Waals surface area contributed by atoms with Crippen molar-refractivity contribution < 1.29 is 14.7 Å². The van der Waals surface area contributed by atoms with Gasteiger partial charge in [-0.3, -0.25) is 4.79 Å². The Bertz CT molecular complexity index is 819. The van der Waals surface area contributed by atoms with Crippen LogP contribution in [0.4, 0.5) is 5.82 Å². The van der Waals surface area contributed by atoms with Crippen LogP contribution in [0.5, 0.6) is 0 Å². The highest BCUT2D eigenvalue weighted by atomic mass is 16.4. The second-order valence-electron chi connectivity index (χ2n) is 6.97. The van der Waals surface area contributed by atoms with Crippen LogP contribution >= 0.6 is 0 Å². The molecular formula is C19H23N3O3. The fourth-order valence-corrected chi connectivity index (χ4v) is 3.61. The van der Waals surface area contributed by atoms with Crippen molar-refractivity contribution >= 4 is 28.6 Å². The third-order valence-electron chi connectivity index (χ3n) is 4.87. The molecule has 1 aliphatic heterocycles. The van der Waals surface area contributed by atoms with E-state index < -0.39 is 5.97 Å². The van der Waals surface area contributed by atoms with Gasteiger partial charge in [0.05, 0.1) is 17.1 Å². The summed E-state index contributed by atoms with van der Waals surface area (Å²) in [6, 6.07) is 8.94. The molecular weight excluding hydrogens is 318 g/mol. The van der Waals surface area contributed by atoms with E-state index in [1.807, 2.05) is 18.2 Å². The predicted molar refractivity (Wildman–Crippen MR) is 96.8 cm³/mol. The van der Waals surface area contributed by atoms with Crippen LogP contribution in [0.2, 0.25) is 0 Å². The lowest BCUT2D eigenvalue weighted by Crippen LogP contribution is -2.40. The van der Waals surface area contributed by atoms with E-state index in [0.717, 1.165) is 6.54 Å². The highest BCUT2D eigenvalue weighted by molar-refractivity contribution is 6.03. The van der Waals surface area contributed by atoms with E-state index in [1.165, 1.54) is 6.92 Å². The van der Waals surface area contributed by atoms with Gasteiger partial charge in [0.1, 0.15) is 5.82 Å². The first-order valence-corrected chi connectivity index (χ1v) is 8.52. The Labute approximate surface area is 146 Å².